The molecule has 0 radical (unpaired) electrons. The van der Waals surface area contributed by atoms with Gasteiger partial charge in [0.1, 0.15) is 0 Å². The number of nitriles is 1. The summed E-state index contributed by atoms with van der Waals surface area (Å²) in [5.74, 6) is 0.328. The zero-order valence-corrected chi connectivity index (χ0v) is 20.4. The van der Waals surface area contributed by atoms with Crippen LogP contribution in [0.1, 0.15) is 55.2 Å². The molecule has 4 nitrogen and oxygen atoms in total. The van der Waals surface area contributed by atoms with Gasteiger partial charge in [-0.05, 0) is 90.3 Å². The number of hydrogen-bond acceptors (Lipinski definition) is 3. The number of allylic oxidation sites excluding steroid dienone is 5. The Morgan fingerprint density at radius 3 is 2.80 bits per heavy atom. The highest BCUT2D eigenvalue weighted by Crippen LogP contribution is 2.38. The van der Waals surface area contributed by atoms with Gasteiger partial charge in [0.2, 0.25) is 0 Å². The molecule has 0 bridgehead atoms. The number of benzene rings is 2. The van der Waals surface area contributed by atoms with Crippen LogP contribution in [0.5, 0.6) is 0 Å². The molecule has 2 aliphatic rings. The summed E-state index contributed by atoms with van der Waals surface area (Å²) < 4.78 is 0. The average molecular weight is 464 g/mol. The van der Waals surface area contributed by atoms with Crippen molar-refractivity contribution in [1.82, 2.24) is 5.32 Å². The summed E-state index contributed by atoms with van der Waals surface area (Å²) >= 11 is 0. The number of carbonyl (C=O) groups excluding carboxylic acids is 1. The summed E-state index contributed by atoms with van der Waals surface area (Å²) in [6.45, 7) is 8.56. The van der Waals surface area contributed by atoms with Crippen LogP contribution in [0.4, 0.5) is 0 Å². The maximum Gasteiger partial charge on any atom is 0.251 e. The first kappa shape index (κ1) is 24.2. The van der Waals surface area contributed by atoms with Crippen molar-refractivity contribution < 1.29 is 6.22 Å². The molecule has 0 heterocycles. The Labute approximate surface area is 209 Å². The van der Waals surface area contributed by atoms with Crippen molar-refractivity contribution in [3.05, 3.63) is 113 Å². The minimum atomic E-state index is -0.581. The maximum atomic E-state index is 13.0. The Morgan fingerprint density at radius 2 is 2.06 bits per heavy atom. The first-order chi connectivity index (χ1) is 16.8. The normalized spacial score (nSPS) is 22.5. The van der Waals surface area contributed by atoms with Crippen LogP contribution in [0.25, 0.3) is 5.57 Å². The third-order valence-corrected chi connectivity index (χ3v) is 6.91. The van der Waals surface area contributed by atoms with E-state index in [1.165, 1.54) is 0 Å². The van der Waals surface area contributed by atoms with E-state index >= 15 is 0 Å². The maximum absolute atomic E-state index is 13.0. The predicted molar refractivity (Wildman–Crippen MR) is 144 cm³/mol. The fourth-order valence-electron chi connectivity index (χ4n) is 4.73. The second-order valence-electron chi connectivity index (χ2n) is 9.82. The first-order valence-corrected chi connectivity index (χ1v) is 12.1. The third kappa shape index (κ3) is 5.41. The Hall–Kier alpha value is -3.97. The lowest BCUT2D eigenvalue weighted by Crippen LogP contribution is -2.26. The third-order valence-electron chi connectivity index (χ3n) is 6.91. The van der Waals surface area contributed by atoms with Crippen LogP contribution >= 0.6 is 0 Å². The van der Waals surface area contributed by atoms with E-state index in [1.54, 1.807) is 6.08 Å². The number of carbonyl (C=O) groups is 1. The second-order valence-corrected chi connectivity index (χ2v) is 9.82. The van der Waals surface area contributed by atoms with Crippen LogP contribution in [0.2, 0.25) is 0 Å². The van der Waals surface area contributed by atoms with Crippen LogP contribution in [-0.2, 0) is 11.8 Å². The molecule has 0 saturated heterocycles. The number of fused-ring (bicyclic) bond motifs is 1. The molecule has 0 aromatic heterocycles. The van der Waals surface area contributed by atoms with Crippen molar-refractivity contribution in [2.24, 2.45) is 5.92 Å². The molecule has 0 aliphatic heterocycles. The second kappa shape index (κ2) is 10.1. The summed E-state index contributed by atoms with van der Waals surface area (Å²) in [6.07, 6.45) is 10.3. The highest BCUT2D eigenvalue weighted by atomic mass is 16.1. The van der Waals surface area contributed by atoms with Gasteiger partial charge in [0, 0.05) is 19.1 Å². The minimum absolute atomic E-state index is 0. The van der Waals surface area contributed by atoms with Gasteiger partial charge in [-0.1, -0.05) is 56.0 Å². The van der Waals surface area contributed by atoms with E-state index in [2.05, 4.69) is 24.9 Å². The molecule has 0 spiro atoms. The van der Waals surface area contributed by atoms with Gasteiger partial charge in [-0.2, -0.15) is 5.26 Å². The molecule has 178 valence electrons. The molecule has 1 amide bonds. The molecular formula is C31H33N3O. The molecular weight excluding hydrogens is 430 g/mol. The number of nitrogens with zero attached hydrogens (tertiary/aromatic N) is 1. The molecule has 2 aromatic rings. The van der Waals surface area contributed by atoms with Crippen molar-refractivity contribution >= 4 is 17.2 Å². The van der Waals surface area contributed by atoms with Gasteiger partial charge in [0.15, 0.2) is 0 Å². The van der Waals surface area contributed by atoms with Crippen LogP contribution in [-0.4, -0.2) is 18.2 Å². The Morgan fingerprint density at radius 1 is 1.29 bits per heavy atom. The lowest BCUT2D eigenvalue weighted by molar-refractivity contribution is 0.0957. The van der Waals surface area contributed by atoms with E-state index in [4.69, 9.17) is 5.41 Å². The van der Waals surface area contributed by atoms with Gasteiger partial charge in [0.05, 0.1) is 17.2 Å². The lowest BCUT2D eigenvalue weighted by Gasteiger charge is -2.23. The monoisotopic (exact) mass is 463 g/mol. The topological polar surface area (TPSA) is 76.7 Å². The molecule has 0 saturated carbocycles. The van der Waals surface area contributed by atoms with Crippen molar-refractivity contribution in [3.8, 4) is 6.07 Å². The summed E-state index contributed by atoms with van der Waals surface area (Å²) in [4.78, 5) is 13.0. The molecule has 35 heavy (non-hydrogen) atoms. The molecule has 0 fully saturated rings. The summed E-state index contributed by atoms with van der Waals surface area (Å²) in [5, 5.41) is 21.1. The van der Waals surface area contributed by atoms with Gasteiger partial charge < -0.3 is 10.7 Å². The number of amides is 1. The SMILES string of the molecule is C=C(/C=C1/C=C(c2ccccc2)C=CC1=N)CNC(=O)c1ccc2c(c1)[C@](C)(C#N)CCC(C)C2.[HH]. The molecule has 4 heteroatoms. The summed E-state index contributed by atoms with van der Waals surface area (Å²) in [6, 6.07) is 18.3. The zero-order chi connectivity index (χ0) is 25.0. The molecule has 2 N–H and O–H groups in total. The van der Waals surface area contributed by atoms with Crippen LogP contribution in [0.3, 0.4) is 0 Å². The number of rotatable bonds is 5. The largest absolute Gasteiger partial charge is 0.348 e. The molecule has 1 unspecified atom stereocenters. The molecule has 2 aromatic carbocycles. The average Bonchev–Trinajstić information content (AvgIpc) is 3.00. The Kier molecular flexibility index (Phi) is 6.98. The van der Waals surface area contributed by atoms with Crippen molar-refractivity contribution in [3.63, 3.8) is 0 Å². The molecule has 2 atom stereocenters. The van der Waals surface area contributed by atoms with E-state index in [1.807, 2.05) is 73.7 Å². The van der Waals surface area contributed by atoms with Crippen molar-refractivity contribution in [2.45, 2.75) is 38.5 Å². The lowest BCUT2D eigenvalue weighted by atomic mass is 9.78. The van der Waals surface area contributed by atoms with Gasteiger partial charge in [-0.15, -0.1) is 0 Å². The fraction of sp³-hybridized carbons (Fsp3) is 0.258. The highest BCUT2D eigenvalue weighted by Gasteiger charge is 2.33. The van der Waals surface area contributed by atoms with Gasteiger partial charge in [-0.25, -0.2) is 0 Å². The highest BCUT2D eigenvalue weighted by molar-refractivity contribution is 6.13. The standard InChI is InChI=1S/C31H31N3O.H2/c1-21-13-14-31(3,20-32)28-18-26(10-9-25(28)15-21)30(35)34-19-22(2)16-27-17-24(11-12-29(27)33)23-7-5-4-6-8-23;/h4-12,16-18,21,33H,2,13-15,19H2,1,3H3,(H,34,35);1H/b27-16-,33-29?;/t21?,31-;/m0./s1. The Balaban J connectivity index is 0.00000361. The Bertz CT molecular complexity index is 1310. The van der Waals surface area contributed by atoms with E-state index in [0.29, 0.717) is 22.8 Å². The fourth-order valence-corrected chi connectivity index (χ4v) is 4.73. The zero-order valence-electron chi connectivity index (χ0n) is 20.4. The van der Waals surface area contributed by atoms with E-state index in [-0.39, 0.29) is 13.9 Å². The predicted octanol–water partition coefficient (Wildman–Crippen LogP) is 6.57. The van der Waals surface area contributed by atoms with Crippen LogP contribution < -0.4 is 5.32 Å². The van der Waals surface area contributed by atoms with Crippen molar-refractivity contribution in [1.29, 1.82) is 10.7 Å². The van der Waals surface area contributed by atoms with Gasteiger partial charge in [-0.3, -0.25) is 4.79 Å². The van der Waals surface area contributed by atoms with E-state index < -0.39 is 5.41 Å². The smallest absolute Gasteiger partial charge is 0.251 e. The van der Waals surface area contributed by atoms with Gasteiger partial charge >= 0.3 is 0 Å². The van der Waals surface area contributed by atoms with Crippen LogP contribution in [0.15, 0.2) is 90.6 Å². The summed E-state index contributed by atoms with van der Waals surface area (Å²) in [5.41, 5.74) is 6.10. The minimum Gasteiger partial charge on any atom is -0.348 e. The molecule has 2 aliphatic carbocycles. The quantitative estimate of drug-likeness (QED) is 0.492. The number of nitrogens with one attached hydrogen (secondary N) is 2. The van der Waals surface area contributed by atoms with Gasteiger partial charge in [0.25, 0.3) is 5.91 Å². The van der Waals surface area contributed by atoms with E-state index in [0.717, 1.165) is 47.1 Å². The first-order valence-electron chi connectivity index (χ1n) is 12.1. The van der Waals surface area contributed by atoms with Crippen molar-refractivity contribution in [2.75, 3.05) is 6.54 Å². The van der Waals surface area contributed by atoms with Crippen LogP contribution in [0, 0.1) is 22.7 Å². The molecule has 4 rings (SSSR count). The number of hydrogen-bond donors (Lipinski definition) is 2. The summed E-state index contributed by atoms with van der Waals surface area (Å²) in [7, 11) is 0. The van der Waals surface area contributed by atoms with E-state index in [9.17, 15) is 10.1 Å².